The van der Waals surface area contributed by atoms with Crippen LogP contribution in [0.15, 0.2) is 42.5 Å². The molecule has 0 saturated carbocycles. The van der Waals surface area contributed by atoms with Crippen LogP contribution in [0.5, 0.6) is 5.75 Å². The third-order valence-electron chi connectivity index (χ3n) is 3.80. The molecule has 0 N–H and O–H groups in total. The van der Waals surface area contributed by atoms with E-state index in [4.69, 9.17) is 8.85 Å². The Labute approximate surface area is 198 Å². The van der Waals surface area contributed by atoms with Crippen LogP contribution in [0, 0.1) is 7.14 Å². The molecule has 0 aromatic heterocycles. The highest BCUT2D eigenvalue weighted by Crippen LogP contribution is 2.33. The topological polar surface area (TPSA) is 35.5 Å². The second-order valence-electron chi connectivity index (χ2n) is 8.80. The minimum Gasteiger partial charge on any atom is -0.543 e. The number of hydrogen-bond donors (Lipinski definition) is 0. The van der Waals surface area contributed by atoms with Gasteiger partial charge in [0.1, 0.15) is 5.75 Å². The van der Waals surface area contributed by atoms with E-state index >= 15 is 0 Å². The van der Waals surface area contributed by atoms with Crippen molar-refractivity contribution in [2.45, 2.75) is 51.6 Å². The lowest BCUT2D eigenvalue weighted by atomic mass is 9.92. The average molecular weight is 638 g/mol. The average Bonchev–Trinajstić information content (AvgIpc) is 2.54. The van der Waals surface area contributed by atoms with Gasteiger partial charge in [-0.05, 0) is 114 Å². The molecule has 0 aliphatic heterocycles. The summed E-state index contributed by atoms with van der Waals surface area (Å²) in [6.45, 7) is 12.7. The standard InChI is InChI=1S/C21H28I2O3Si2/c1-27(2,3)25-20-18(22)13-15(14-19(20)23)12-17(16-10-8-7-9-11-16)21(24)26-28(4,5)6/h7-11,13-14,17H,12H2,1-6H3. The van der Waals surface area contributed by atoms with Crippen molar-refractivity contribution in [2.24, 2.45) is 0 Å². The fourth-order valence-corrected chi connectivity index (χ4v) is 6.88. The van der Waals surface area contributed by atoms with Crippen LogP contribution in [-0.2, 0) is 15.6 Å². The maximum absolute atomic E-state index is 13.0. The molecule has 152 valence electrons. The molecule has 0 amide bonds. The lowest BCUT2D eigenvalue weighted by molar-refractivity contribution is -0.136. The fourth-order valence-electron chi connectivity index (χ4n) is 2.77. The van der Waals surface area contributed by atoms with Crippen LogP contribution in [0.2, 0.25) is 39.3 Å². The van der Waals surface area contributed by atoms with Crippen LogP contribution >= 0.6 is 45.2 Å². The van der Waals surface area contributed by atoms with Gasteiger partial charge in [0.15, 0.2) is 0 Å². The highest BCUT2D eigenvalue weighted by Gasteiger charge is 2.29. The molecule has 1 atom stereocenters. The number of benzene rings is 2. The molecule has 7 heteroatoms. The van der Waals surface area contributed by atoms with Crippen LogP contribution in [0.25, 0.3) is 0 Å². The molecule has 2 aromatic rings. The Morgan fingerprint density at radius 1 is 0.929 bits per heavy atom. The van der Waals surface area contributed by atoms with E-state index in [9.17, 15) is 4.79 Å². The molecule has 2 rings (SSSR count). The summed E-state index contributed by atoms with van der Waals surface area (Å²) < 4.78 is 14.3. The molecule has 0 heterocycles. The Morgan fingerprint density at radius 2 is 1.46 bits per heavy atom. The van der Waals surface area contributed by atoms with Crippen molar-refractivity contribution in [1.82, 2.24) is 0 Å². The number of halogens is 2. The first-order valence-electron chi connectivity index (χ1n) is 9.30. The molecule has 1 unspecified atom stereocenters. The zero-order valence-electron chi connectivity index (χ0n) is 17.3. The molecule has 0 bridgehead atoms. The Hall–Kier alpha value is -0.396. The Morgan fingerprint density at radius 3 is 1.93 bits per heavy atom. The summed E-state index contributed by atoms with van der Waals surface area (Å²) in [5.41, 5.74) is 2.12. The van der Waals surface area contributed by atoms with Gasteiger partial charge in [-0.1, -0.05) is 30.3 Å². The SMILES string of the molecule is C[Si](C)(C)OC(=O)C(Cc1cc(I)c(O[Si](C)(C)C)c(I)c1)c1ccccc1. The molecule has 0 aliphatic carbocycles. The van der Waals surface area contributed by atoms with E-state index in [1.807, 2.05) is 50.0 Å². The normalized spacial score (nSPS) is 13.1. The van der Waals surface area contributed by atoms with Crippen LogP contribution in [-0.4, -0.2) is 22.6 Å². The third kappa shape index (κ3) is 7.45. The van der Waals surface area contributed by atoms with Gasteiger partial charge in [0.05, 0.1) is 13.1 Å². The number of carbonyl (C=O) groups is 1. The zero-order valence-corrected chi connectivity index (χ0v) is 23.6. The van der Waals surface area contributed by atoms with Crippen molar-refractivity contribution >= 4 is 67.8 Å². The van der Waals surface area contributed by atoms with E-state index in [-0.39, 0.29) is 11.9 Å². The van der Waals surface area contributed by atoms with Gasteiger partial charge in [-0.3, -0.25) is 4.79 Å². The van der Waals surface area contributed by atoms with Crippen molar-refractivity contribution in [1.29, 1.82) is 0 Å². The van der Waals surface area contributed by atoms with E-state index < -0.39 is 16.6 Å². The smallest absolute Gasteiger partial charge is 0.300 e. The summed E-state index contributed by atoms with van der Waals surface area (Å²) in [7, 11) is -3.65. The summed E-state index contributed by atoms with van der Waals surface area (Å²) in [6.07, 6.45) is 0.618. The number of hydrogen-bond acceptors (Lipinski definition) is 3. The second-order valence-corrected chi connectivity index (χ2v) is 20.0. The minimum absolute atomic E-state index is 0.127. The molecule has 2 aromatic carbocycles. The highest BCUT2D eigenvalue weighted by atomic mass is 127. The molecule has 0 radical (unpaired) electrons. The van der Waals surface area contributed by atoms with E-state index in [0.717, 1.165) is 24.0 Å². The molecular formula is C21H28I2O3Si2. The molecule has 0 fully saturated rings. The van der Waals surface area contributed by atoms with Crippen molar-refractivity contribution in [3.8, 4) is 5.75 Å². The largest absolute Gasteiger partial charge is 0.543 e. The Bertz CT molecular complexity index is 805. The number of rotatable bonds is 7. The number of carbonyl (C=O) groups excluding carboxylic acids is 1. The molecule has 0 saturated heterocycles. The summed E-state index contributed by atoms with van der Waals surface area (Å²) >= 11 is 4.67. The van der Waals surface area contributed by atoms with Crippen molar-refractivity contribution in [3.63, 3.8) is 0 Å². The van der Waals surface area contributed by atoms with E-state index in [2.05, 4.69) is 77.0 Å². The minimum atomic E-state index is -1.96. The maximum atomic E-state index is 13.0. The Kier molecular flexibility index (Phi) is 8.19. The van der Waals surface area contributed by atoms with Gasteiger partial charge < -0.3 is 8.85 Å². The molecule has 0 aliphatic rings. The van der Waals surface area contributed by atoms with Crippen molar-refractivity contribution in [3.05, 3.63) is 60.7 Å². The Balaban J connectivity index is 2.35. The van der Waals surface area contributed by atoms with E-state index in [0.29, 0.717) is 6.42 Å². The van der Waals surface area contributed by atoms with E-state index in [1.54, 1.807) is 0 Å². The fraction of sp³-hybridized carbons (Fsp3) is 0.381. The van der Waals surface area contributed by atoms with Gasteiger partial charge in [0.25, 0.3) is 5.97 Å². The lowest BCUT2D eigenvalue weighted by Gasteiger charge is -2.24. The van der Waals surface area contributed by atoms with Crippen LogP contribution in [0.3, 0.4) is 0 Å². The first kappa shape index (κ1) is 23.9. The molecule has 0 spiro atoms. The summed E-state index contributed by atoms with van der Waals surface area (Å²) in [5.74, 6) is 0.533. The van der Waals surface area contributed by atoms with Crippen molar-refractivity contribution < 1.29 is 13.6 Å². The van der Waals surface area contributed by atoms with Gasteiger partial charge in [0.2, 0.25) is 16.6 Å². The van der Waals surface area contributed by atoms with Crippen LogP contribution < -0.4 is 4.43 Å². The first-order valence-corrected chi connectivity index (χ1v) is 18.3. The van der Waals surface area contributed by atoms with Gasteiger partial charge in [0, 0.05) is 0 Å². The predicted octanol–water partition coefficient (Wildman–Crippen LogP) is 6.81. The second kappa shape index (κ2) is 9.61. The lowest BCUT2D eigenvalue weighted by Crippen LogP contribution is -2.32. The van der Waals surface area contributed by atoms with Gasteiger partial charge in [-0.2, -0.15) is 0 Å². The predicted molar refractivity (Wildman–Crippen MR) is 138 cm³/mol. The molecule has 3 nitrogen and oxygen atoms in total. The molecule has 28 heavy (non-hydrogen) atoms. The summed E-state index contributed by atoms with van der Waals surface area (Å²) in [4.78, 5) is 13.0. The van der Waals surface area contributed by atoms with Crippen LogP contribution in [0.1, 0.15) is 17.0 Å². The highest BCUT2D eigenvalue weighted by molar-refractivity contribution is 14.1. The van der Waals surface area contributed by atoms with Crippen LogP contribution in [0.4, 0.5) is 0 Å². The summed E-state index contributed by atoms with van der Waals surface area (Å²) in [6, 6.07) is 14.2. The quantitative estimate of drug-likeness (QED) is 0.247. The van der Waals surface area contributed by atoms with Gasteiger partial charge in [-0.15, -0.1) is 0 Å². The maximum Gasteiger partial charge on any atom is 0.300 e. The van der Waals surface area contributed by atoms with Gasteiger partial charge in [-0.25, -0.2) is 0 Å². The third-order valence-corrected chi connectivity index (χ3v) is 7.03. The molecular weight excluding hydrogens is 610 g/mol. The zero-order chi connectivity index (χ0) is 21.1. The van der Waals surface area contributed by atoms with Gasteiger partial charge >= 0.3 is 0 Å². The summed E-state index contributed by atoms with van der Waals surface area (Å²) in [5, 5.41) is 0. The monoisotopic (exact) mass is 638 g/mol. The van der Waals surface area contributed by atoms with E-state index in [1.165, 1.54) is 0 Å². The van der Waals surface area contributed by atoms with Crippen molar-refractivity contribution in [2.75, 3.05) is 0 Å². The first-order chi connectivity index (χ1) is 12.9.